The normalized spacial score (nSPS) is 15.8. The van der Waals surface area contributed by atoms with Crippen LogP contribution in [0, 0.1) is 13.8 Å². The molecule has 1 aliphatic rings. The largest absolute Gasteiger partial charge is 0.326 e. The maximum Gasteiger partial charge on any atom is 0.183 e. The lowest BCUT2D eigenvalue weighted by Gasteiger charge is -2.25. The quantitative estimate of drug-likeness (QED) is 0.460. The van der Waals surface area contributed by atoms with E-state index >= 15 is 0 Å². The molecular weight excluding hydrogens is 358 g/mol. The van der Waals surface area contributed by atoms with Crippen LogP contribution in [0.3, 0.4) is 0 Å². The highest BCUT2D eigenvalue weighted by Gasteiger charge is 2.24. The molecule has 27 heavy (non-hydrogen) atoms. The first-order valence-corrected chi connectivity index (χ1v) is 10.0. The molecule has 3 aromatic heterocycles. The number of fused-ring (bicyclic) bond motifs is 3. The summed E-state index contributed by atoms with van der Waals surface area (Å²) in [6.45, 7) is 4.37. The predicted octanol–water partition coefficient (Wildman–Crippen LogP) is 5.52. The summed E-state index contributed by atoms with van der Waals surface area (Å²) in [5, 5.41) is 6.40. The van der Waals surface area contributed by atoms with Crippen LogP contribution in [0.2, 0.25) is 5.02 Å². The second-order valence-corrected chi connectivity index (χ2v) is 7.91. The van der Waals surface area contributed by atoms with Gasteiger partial charge in [0.2, 0.25) is 0 Å². The Bertz CT molecular complexity index is 1150. The molecule has 5 rings (SSSR count). The van der Waals surface area contributed by atoms with Crippen molar-refractivity contribution >= 4 is 28.3 Å². The molecule has 1 saturated carbocycles. The van der Waals surface area contributed by atoms with Crippen LogP contribution in [0.25, 0.3) is 28.1 Å². The molecule has 0 spiro atoms. The van der Waals surface area contributed by atoms with Crippen LogP contribution >= 0.6 is 11.6 Å². The van der Waals surface area contributed by atoms with Crippen molar-refractivity contribution in [2.24, 2.45) is 0 Å². The van der Waals surface area contributed by atoms with Crippen LogP contribution in [0.4, 0.5) is 0 Å². The number of benzene rings is 1. The summed E-state index contributed by atoms with van der Waals surface area (Å²) < 4.78 is 4.21. The Hall–Kier alpha value is -2.40. The Morgan fingerprint density at radius 3 is 2.59 bits per heavy atom. The number of hydrogen-bond donors (Lipinski definition) is 0. The average molecular weight is 380 g/mol. The summed E-state index contributed by atoms with van der Waals surface area (Å²) in [7, 11) is 0. The van der Waals surface area contributed by atoms with Gasteiger partial charge in [0.1, 0.15) is 12.0 Å². The van der Waals surface area contributed by atoms with Crippen molar-refractivity contribution in [1.29, 1.82) is 0 Å². The fraction of sp³-hybridized carbons (Fsp3) is 0.381. The van der Waals surface area contributed by atoms with Crippen LogP contribution in [0.1, 0.15) is 49.4 Å². The van der Waals surface area contributed by atoms with E-state index in [2.05, 4.69) is 23.5 Å². The van der Waals surface area contributed by atoms with Crippen LogP contribution in [-0.4, -0.2) is 24.1 Å². The van der Waals surface area contributed by atoms with Gasteiger partial charge in [0, 0.05) is 17.3 Å². The molecule has 5 nitrogen and oxygen atoms in total. The van der Waals surface area contributed by atoms with E-state index < -0.39 is 0 Å². The molecular formula is C21H22ClN5. The molecule has 4 aromatic rings. The minimum absolute atomic E-state index is 0.538. The van der Waals surface area contributed by atoms with Gasteiger partial charge in [0.15, 0.2) is 11.5 Å². The zero-order chi connectivity index (χ0) is 18.5. The molecule has 6 heteroatoms. The number of hydrogen-bond acceptors (Lipinski definition) is 3. The highest BCUT2D eigenvalue weighted by atomic mass is 35.5. The van der Waals surface area contributed by atoms with E-state index in [9.17, 15) is 0 Å². The molecule has 0 unspecified atom stereocenters. The van der Waals surface area contributed by atoms with E-state index in [0.29, 0.717) is 16.9 Å². The summed E-state index contributed by atoms with van der Waals surface area (Å²) in [4.78, 5) is 9.63. The number of aromatic nitrogens is 5. The summed E-state index contributed by atoms with van der Waals surface area (Å²) in [6, 6.07) is 8.23. The Balaban J connectivity index is 1.74. The van der Waals surface area contributed by atoms with Gasteiger partial charge in [-0.05, 0) is 44.4 Å². The highest BCUT2D eigenvalue weighted by Crippen LogP contribution is 2.36. The van der Waals surface area contributed by atoms with Crippen molar-refractivity contribution < 1.29 is 0 Å². The summed E-state index contributed by atoms with van der Waals surface area (Å²) in [5.74, 6) is 0.636. The SMILES string of the molecule is Cc1c(C)n(C2CCCCC2)c2ncn3nc(-c4ccccc4Cl)nc3c12. The van der Waals surface area contributed by atoms with Crippen molar-refractivity contribution in [2.75, 3.05) is 0 Å². The zero-order valence-electron chi connectivity index (χ0n) is 15.6. The smallest absolute Gasteiger partial charge is 0.183 e. The van der Waals surface area contributed by atoms with E-state index in [1.807, 2.05) is 24.3 Å². The third-order valence-corrected chi connectivity index (χ3v) is 6.26. The van der Waals surface area contributed by atoms with Crippen LogP contribution in [-0.2, 0) is 0 Å². The lowest BCUT2D eigenvalue weighted by atomic mass is 9.95. The first kappa shape index (κ1) is 16.8. The van der Waals surface area contributed by atoms with Crippen molar-refractivity contribution in [3.05, 3.63) is 46.9 Å². The Morgan fingerprint density at radius 2 is 1.81 bits per heavy atom. The number of halogens is 1. The second kappa shape index (κ2) is 6.34. The van der Waals surface area contributed by atoms with Gasteiger partial charge in [0.05, 0.1) is 10.4 Å². The molecule has 0 radical (unpaired) electrons. The molecule has 3 heterocycles. The summed E-state index contributed by atoms with van der Waals surface area (Å²) >= 11 is 6.36. The monoisotopic (exact) mass is 379 g/mol. The first-order chi connectivity index (χ1) is 13.1. The maximum atomic E-state index is 6.36. The molecule has 1 aliphatic carbocycles. The van der Waals surface area contributed by atoms with Crippen molar-refractivity contribution in [1.82, 2.24) is 24.1 Å². The van der Waals surface area contributed by atoms with E-state index in [4.69, 9.17) is 21.6 Å². The van der Waals surface area contributed by atoms with Crippen molar-refractivity contribution in [2.45, 2.75) is 52.0 Å². The average Bonchev–Trinajstić information content (AvgIpc) is 3.22. The van der Waals surface area contributed by atoms with Crippen LogP contribution < -0.4 is 0 Å². The van der Waals surface area contributed by atoms with Crippen molar-refractivity contribution in [3.8, 4) is 11.4 Å². The fourth-order valence-corrected chi connectivity index (χ4v) is 4.65. The van der Waals surface area contributed by atoms with Crippen LogP contribution in [0.15, 0.2) is 30.6 Å². The van der Waals surface area contributed by atoms with Gasteiger partial charge in [-0.25, -0.2) is 14.5 Å². The molecule has 0 bridgehead atoms. The zero-order valence-corrected chi connectivity index (χ0v) is 16.4. The Labute approximate surface area is 163 Å². The lowest BCUT2D eigenvalue weighted by Crippen LogP contribution is -2.14. The summed E-state index contributed by atoms with van der Waals surface area (Å²) in [5.41, 5.74) is 5.26. The minimum atomic E-state index is 0.538. The van der Waals surface area contributed by atoms with E-state index in [-0.39, 0.29) is 0 Å². The maximum absolute atomic E-state index is 6.36. The minimum Gasteiger partial charge on any atom is -0.326 e. The molecule has 1 aromatic carbocycles. The molecule has 0 atom stereocenters. The van der Waals surface area contributed by atoms with Gasteiger partial charge < -0.3 is 4.57 Å². The van der Waals surface area contributed by atoms with Gasteiger partial charge in [-0.2, -0.15) is 0 Å². The van der Waals surface area contributed by atoms with Crippen LogP contribution in [0.5, 0.6) is 0 Å². The third kappa shape index (κ3) is 2.56. The van der Waals surface area contributed by atoms with E-state index in [1.165, 1.54) is 43.4 Å². The van der Waals surface area contributed by atoms with E-state index in [1.54, 1.807) is 10.8 Å². The highest BCUT2D eigenvalue weighted by molar-refractivity contribution is 6.33. The molecule has 0 saturated heterocycles. The molecule has 1 fully saturated rings. The standard InChI is InChI=1S/C21H22ClN5/c1-13-14(2)27(15-8-4-3-5-9-15)20-18(13)21-24-19(25-26(21)12-23-20)16-10-6-7-11-17(16)22/h6-7,10-12,15H,3-5,8-9H2,1-2H3. The summed E-state index contributed by atoms with van der Waals surface area (Å²) in [6.07, 6.45) is 8.18. The Kier molecular flexibility index (Phi) is 3.93. The first-order valence-electron chi connectivity index (χ1n) is 9.62. The number of aryl methyl sites for hydroxylation is 1. The second-order valence-electron chi connectivity index (χ2n) is 7.50. The molecule has 0 N–H and O–H groups in total. The number of nitrogens with zero attached hydrogens (tertiary/aromatic N) is 5. The fourth-order valence-electron chi connectivity index (χ4n) is 4.43. The molecule has 0 amide bonds. The Morgan fingerprint density at radius 1 is 1.04 bits per heavy atom. The van der Waals surface area contributed by atoms with Gasteiger partial charge in [-0.3, -0.25) is 0 Å². The van der Waals surface area contributed by atoms with E-state index in [0.717, 1.165) is 22.2 Å². The van der Waals surface area contributed by atoms with Gasteiger partial charge in [-0.15, -0.1) is 5.10 Å². The van der Waals surface area contributed by atoms with Gasteiger partial charge in [0.25, 0.3) is 0 Å². The topological polar surface area (TPSA) is 48.0 Å². The van der Waals surface area contributed by atoms with Gasteiger partial charge in [-0.1, -0.05) is 43.0 Å². The molecule has 0 aliphatic heterocycles. The van der Waals surface area contributed by atoms with Gasteiger partial charge >= 0.3 is 0 Å². The molecule has 138 valence electrons. The predicted molar refractivity (Wildman–Crippen MR) is 108 cm³/mol. The lowest BCUT2D eigenvalue weighted by molar-refractivity contribution is 0.355. The number of rotatable bonds is 2. The third-order valence-electron chi connectivity index (χ3n) is 5.93. The van der Waals surface area contributed by atoms with Crippen molar-refractivity contribution in [3.63, 3.8) is 0 Å².